The normalized spacial score (nSPS) is 12.4. The van der Waals surface area contributed by atoms with E-state index in [1.165, 1.54) is 29.6 Å². The molecule has 0 unspecified atom stereocenters. The van der Waals surface area contributed by atoms with Gasteiger partial charge in [-0.2, -0.15) is 16.5 Å². The first-order valence-corrected chi connectivity index (χ1v) is 14.1. The van der Waals surface area contributed by atoms with E-state index in [-0.39, 0.29) is 4.90 Å². The molecule has 0 bridgehead atoms. The van der Waals surface area contributed by atoms with Crippen LogP contribution in [0.2, 0.25) is 0 Å². The van der Waals surface area contributed by atoms with Crippen LogP contribution in [0.4, 0.5) is 0 Å². The van der Waals surface area contributed by atoms with E-state index in [2.05, 4.69) is 47.2 Å². The first-order chi connectivity index (χ1) is 16.9. The molecule has 0 radical (unpaired) electrons. The number of hydrogen-bond donors (Lipinski definition) is 1. The summed E-state index contributed by atoms with van der Waals surface area (Å²) >= 11 is 1.54. The van der Waals surface area contributed by atoms with Crippen LogP contribution in [0.25, 0.3) is 33.0 Å². The lowest BCUT2D eigenvalue weighted by Crippen LogP contribution is -2.41. The van der Waals surface area contributed by atoms with Crippen LogP contribution in [0, 0.1) is 0 Å². The van der Waals surface area contributed by atoms with Crippen molar-refractivity contribution in [1.82, 2.24) is 4.72 Å². The van der Waals surface area contributed by atoms with Crippen molar-refractivity contribution in [3.63, 3.8) is 0 Å². The van der Waals surface area contributed by atoms with Crippen LogP contribution in [0.5, 0.6) is 0 Å². The second-order valence-corrected chi connectivity index (χ2v) is 10.8. The van der Waals surface area contributed by atoms with Gasteiger partial charge in [-0.3, -0.25) is 4.79 Å². The van der Waals surface area contributed by atoms with Gasteiger partial charge in [0.1, 0.15) is 6.04 Å². The topological polar surface area (TPSA) is 72.5 Å². The van der Waals surface area contributed by atoms with Crippen LogP contribution in [0.15, 0.2) is 95.9 Å². The smallest absolute Gasteiger partial charge is 0.323 e. The Morgan fingerprint density at radius 2 is 1.37 bits per heavy atom. The first kappa shape index (κ1) is 25.0. The highest BCUT2D eigenvalue weighted by Gasteiger charge is 2.26. The zero-order valence-electron chi connectivity index (χ0n) is 19.6. The molecule has 0 aliphatic heterocycles. The molecule has 0 aliphatic carbocycles. The van der Waals surface area contributed by atoms with Gasteiger partial charge in [-0.25, -0.2) is 8.42 Å². The minimum absolute atomic E-state index is 0.104. The maximum atomic E-state index is 12.8. The predicted octanol–water partition coefficient (Wildman–Crippen LogP) is 5.75. The zero-order valence-corrected chi connectivity index (χ0v) is 21.2. The Hall–Kier alpha value is -3.13. The van der Waals surface area contributed by atoms with Gasteiger partial charge in [0.25, 0.3) is 0 Å². The van der Waals surface area contributed by atoms with Gasteiger partial charge in [-0.05, 0) is 69.7 Å². The van der Waals surface area contributed by atoms with Gasteiger partial charge >= 0.3 is 5.97 Å². The standard InChI is InChI=1S/C28H27NO4S2/c1-33-28(30)27(17-18-34-2)29-35(31,32)26-15-13-22(14-16-26)21-7-9-23(10-8-21)25-12-11-20-5-3-4-6-24(20)19-25/h3-16,19,27,29H,17-18H2,1-2H3/t27-/m0/s1. The molecule has 0 aromatic heterocycles. The monoisotopic (exact) mass is 505 g/mol. The van der Waals surface area contributed by atoms with E-state index in [0.29, 0.717) is 12.2 Å². The summed E-state index contributed by atoms with van der Waals surface area (Å²) in [6.45, 7) is 0. The van der Waals surface area contributed by atoms with Crippen LogP contribution in [-0.2, 0) is 19.6 Å². The minimum atomic E-state index is -3.86. The molecular weight excluding hydrogens is 478 g/mol. The highest BCUT2D eigenvalue weighted by molar-refractivity contribution is 7.98. The number of hydrogen-bond acceptors (Lipinski definition) is 5. The average molecular weight is 506 g/mol. The molecule has 5 nitrogen and oxygen atoms in total. The molecule has 4 aromatic rings. The second kappa shape index (κ2) is 11.1. The quantitative estimate of drug-likeness (QED) is 0.293. The molecular formula is C28H27NO4S2. The first-order valence-electron chi connectivity index (χ1n) is 11.2. The average Bonchev–Trinajstić information content (AvgIpc) is 2.90. The zero-order chi connectivity index (χ0) is 24.8. The van der Waals surface area contributed by atoms with Crippen LogP contribution in [0.1, 0.15) is 6.42 Å². The molecule has 0 heterocycles. The fraction of sp³-hybridized carbons (Fsp3) is 0.179. The number of carbonyl (C=O) groups excluding carboxylic acids is 1. The fourth-order valence-corrected chi connectivity index (χ4v) is 5.60. The van der Waals surface area contributed by atoms with Crippen molar-refractivity contribution < 1.29 is 17.9 Å². The van der Waals surface area contributed by atoms with Crippen LogP contribution >= 0.6 is 11.8 Å². The van der Waals surface area contributed by atoms with Crippen LogP contribution in [0.3, 0.4) is 0 Å². The predicted molar refractivity (Wildman–Crippen MR) is 144 cm³/mol. The van der Waals surface area contributed by atoms with Gasteiger partial charge in [-0.1, -0.05) is 72.8 Å². The lowest BCUT2D eigenvalue weighted by molar-refractivity contribution is -0.142. The van der Waals surface area contributed by atoms with E-state index in [1.807, 2.05) is 30.5 Å². The molecule has 1 N–H and O–H groups in total. The molecule has 0 saturated carbocycles. The molecule has 0 amide bonds. The van der Waals surface area contributed by atoms with Gasteiger partial charge in [0.15, 0.2) is 0 Å². The van der Waals surface area contributed by atoms with Crippen molar-refractivity contribution in [1.29, 1.82) is 0 Å². The Labute approximate surface area is 210 Å². The van der Waals surface area contributed by atoms with Crippen molar-refractivity contribution >= 4 is 38.5 Å². The number of nitrogens with one attached hydrogen (secondary N) is 1. The molecule has 0 fully saturated rings. The van der Waals surface area contributed by atoms with Gasteiger partial charge in [0.05, 0.1) is 12.0 Å². The molecule has 7 heteroatoms. The summed E-state index contributed by atoms with van der Waals surface area (Å²) in [7, 11) is -2.61. The summed E-state index contributed by atoms with van der Waals surface area (Å²) in [5.41, 5.74) is 4.14. The number of rotatable bonds is 9. The SMILES string of the molecule is COC(=O)[C@H](CCSC)NS(=O)(=O)c1ccc(-c2ccc(-c3ccc4ccccc4c3)cc2)cc1. The van der Waals surface area contributed by atoms with Crippen molar-refractivity contribution in [2.24, 2.45) is 0 Å². The Morgan fingerprint density at radius 1 is 0.829 bits per heavy atom. The third-order valence-corrected chi connectivity index (χ3v) is 7.99. The summed E-state index contributed by atoms with van der Waals surface area (Å²) in [5.74, 6) is 0.0434. The van der Waals surface area contributed by atoms with Gasteiger partial charge in [-0.15, -0.1) is 0 Å². The number of esters is 1. The van der Waals surface area contributed by atoms with Crippen LogP contribution < -0.4 is 4.72 Å². The third kappa shape index (κ3) is 5.93. The lowest BCUT2D eigenvalue weighted by atomic mass is 9.98. The second-order valence-electron chi connectivity index (χ2n) is 8.14. The van der Waals surface area contributed by atoms with E-state index in [9.17, 15) is 13.2 Å². The van der Waals surface area contributed by atoms with Crippen molar-refractivity contribution in [3.8, 4) is 22.3 Å². The molecule has 4 rings (SSSR count). The third-order valence-electron chi connectivity index (χ3n) is 5.86. The van der Waals surface area contributed by atoms with Crippen molar-refractivity contribution in [2.75, 3.05) is 19.1 Å². The highest BCUT2D eigenvalue weighted by Crippen LogP contribution is 2.28. The summed E-state index contributed by atoms with van der Waals surface area (Å²) in [6.07, 6.45) is 2.25. The largest absolute Gasteiger partial charge is 0.468 e. The van der Waals surface area contributed by atoms with E-state index < -0.39 is 22.0 Å². The number of fused-ring (bicyclic) bond motifs is 1. The number of sulfonamides is 1. The fourth-order valence-electron chi connectivity index (χ4n) is 3.91. The highest BCUT2D eigenvalue weighted by atomic mass is 32.2. The van der Waals surface area contributed by atoms with E-state index in [1.54, 1.807) is 24.3 Å². The van der Waals surface area contributed by atoms with Crippen molar-refractivity contribution in [3.05, 3.63) is 91.0 Å². The van der Waals surface area contributed by atoms with E-state index in [0.717, 1.165) is 22.3 Å². The number of methoxy groups -OCH3 is 1. The summed E-state index contributed by atoms with van der Waals surface area (Å²) < 4.78 is 32.9. The lowest BCUT2D eigenvalue weighted by Gasteiger charge is -2.16. The minimum Gasteiger partial charge on any atom is -0.468 e. The molecule has 1 atom stereocenters. The van der Waals surface area contributed by atoms with E-state index >= 15 is 0 Å². The molecule has 0 aliphatic rings. The Kier molecular flexibility index (Phi) is 7.90. The molecule has 0 spiro atoms. The van der Waals surface area contributed by atoms with Gasteiger partial charge < -0.3 is 4.74 Å². The molecule has 0 saturated heterocycles. The number of carbonyl (C=O) groups is 1. The molecule has 180 valence electrons. The number of ether oxygens (including phenoxy) is 1. The molecule has 35 heavy (non-hydrogen) atoms. The van der Waals surface area contributed by atoms with Crippen molar-refractivity contribution in [2.45, 2.75) is 17.4 Å². The summed E-state index contributed by atoms with van der Waals surface area (Å²) in [4.78, 5) is 12.1. The Bertz CT molecular complexity index is 1420. The number of benzene rings is 4. The van der Waals surface area contributed by atoms with Crippen LogP contribution in [-0.4, -0.2) is 39.5 Å². The van der Waals surface area contributed by atoms with Gasteiger partial charge in [0.2, 0.25) is 10.0 Å². The van der Waals surface area contributed by atoms with Gasteiger partial charge in [0, 0.05) is 0 Å². The maximum Gasteiger partial charge on any atom is 0.323 e. The maximum absolute atomic E-state index is 12.8. The Balaban J connectivity index is 1.51. The Morgan fingerprint density at radius 3 is 1.97 bits per heavy atom. The molecule has 4 aromatic carbocycles. The van der Waals surface area contributed by atoms with E-state index in [4.69, 9.17) is 4.74 Å². The summed E-state index contributed by atoms with van der Waals surface area (Å²) in [5, 5.41) is 2.40. The number of thioether (sulfide) groups is 1. The summed E-state index contributed by atoms with van der Waals surface area (Å²) in [6, 6.07) is 28.6.